The van der Waals surface area contributed by atoms with Crippen LogP contribution in [0.3, 0.4) is 0 Å². The Bertz CT molecular complexity index is 574. The lowest BCUT2D eigenvalue weighted by Crippen LogP contribution is -2.04. The van der Waals surface area contributed by atoms with E-state index in [1.54, 1.807) is 13.3 Å². The number of benzene rings is 1. The number of ether oxygens (including phenoxy) is 1. The Labute approximate surface area is 113 Å². The Morgan fingerprint density at radius 2 is 2.06 bits per heavy atom. The minimum absolute atomic E-state index is 0.181. The Morgan fingerprint density at radius 1 is 1.28 bits per heavy atom. The number of nitrogens with zero attached hydrogens (tertiary/aromatic N) is 2. The van der Waals surface area contributed by atoms with Crippen LogP contribution in [0, 0.1) is 0 Å². The van der Waals surface area contributed by atoms with E-state index in [9.17, 15) is 0 Å². The topological polar surface area (TPSA) is 87.0 Å². The quantitative estimate of drug-likeness (QED) is 0.905. The summed E-state index contributed by atoms with van der Waals surface area (Å²) in [7, 11) is 1.63. The van der Waals surface area contributed by atoms with Gasteiger partial charge in [-0.25, -0.2) is 4.98 Å². The van der Waals surface area contributed by atoms with Crippen LogP contribution in [0.5, 0.6) is 5.75 Å². The molecule has 0 saturated carbocycles. The average molecular weight is 309 g/mol. The van der Waals surface area contributed by atoms with Gasteiger partial charge >= 0.3 is 0 Å². The molecular weight excluding hydrogens is 296 g/mol. The third kappa shape index (κ3) is 2.70. The third-order valence-corrected chi connectivity index (χ3v) is 3.32. The van der Waals surface area contributed by atoms with Gasteiger partial charge in [0.1, 0.15) is 11.6 Å². The van der Waals surface area contributed by atoms with Crippen LogP contribution in [-0.2, 0) is 6.42 Å². The number of aromatic nitrogens is 2. The van der Waals surface area contributed by atoms with Crippen LogP contribution in [0.1, 0.15) is 11.1 Å². The Kier molecular flexibility index (Phi) is 3.66. The van der Waals surface area contributed by atoms with Crippen molar-refractivity contribution in [1.82, 2.24) is 9.97 Å². The van der Waals surface area contributed by atoms with Crippen LogP contribution in [0.25, 0.3) is 0 Å². The van der Waals surface area contributed by atoms with Crippen molar-refractivity contribution < 1.29 is 4.74 Å². The summed E-state index contributed by atoms with van der Waals surface area (Å²) in [6, 6.07) is 5.76. The first-order valence-electron chi connectivity index (χ1n) is 5.29. The number of halogens is 1. The van der Waals surface area contributed by atoms with Gasteiger partial charge in [-0.05, 0) is 23.8 Å². The molecule has 0 spiro atoms. The van der Waals surface area contributed by atoms with Crippen LogP contribution in [0.4, 0.5) is 11.8 Å². The largest absolute Gasteiger partial charge is 0.497 e. The summed E-state index contributed by atoms with van der Waals surface area (Å²) in [4.78, 5) is 7.89. The highest BCUT2D eigenvalue weighted by atomic mass is 79.9. The van der Waals surface area contributed by atoms with Gasteiger partial charge in [0.2, 0.25) is 5.95 Å². The first-order valence-corrected chi connectivity index (χ1v) is 6.08. The molecule has 18 heavy (non-hydrogen) atoms. The van der Waals surface area contributed by atoms with Gasteiger partial charge in [0.25, 0.3) is 0 Å². The van der Waals surface area contributed by atoms with Gasteiger partial charge in [-0.1, -0.05) is 15.9 Å². The summed E-state index contributed by atoms with van der Waals surface area (Å²) in [5.74, 6) is 1.38. The van der Waals surface area contributed by atoms with E-state index in [1.165, 1.54) is 0 Å². The molecule has 0 unspecified atom stereocenters. The molecule has 0 atom stereocenters. The van der Waals surface area contributed by atoms with Gasteiger partial charge in [-0.3, -0.25) is 0 Å². The maximum absolute atomic E-state index is 5.81. The van der Waals surface area contributed by atoms with E-state index in [1.807, 2.05) is 18.2 Å². The molecule has 0 aliphatic carbocycles. The SMILES string of the molecule is COc1ccc(Br)c(Cc2cnc(N)nc2N)c1. The summed E-state index contributed by atoms with van der Waals surface area (Å²) >= 11 is 3.49. The van der Waals surface area contributed by atoms with Crippen molar-refractivity contribution in [2.24, 2.45) is 0 Å². The monoisotopic (exact) mass is 308 g/mol. The summed E-state index contributed by atoms with van der Waals surface area (Å²) in [6.45, 7) is 0. The van der Waals surface area contributed by atoms with Crippen molar-refractivity contribution >= 4 is 27.7 Å². The van der Waals surface area contributed by atoms with E-state index in [4.69, 9.17) is 16.2 Å². The van der Waals surface area contributed by atoms with Crippen LogP contribution < -0.4 is 16.2 Å². The van der Waals surface area contributed by atoms with Gasteiger partial charge in [0.15, 0.2) is 0 Å². The summed E-state index contributed by atoms with van der Waals surface area (Å²) in [6.07, 6.45) is 2.26. The predicted molar refractivity (Wildman–Crippen MR) is 74.4 cm³/mol. The fourth-order valence-corrected chi connectivity index (χ4v) is 1.98. The van der Waals surface area contributed by atoms with Gasteiger partial charge in [0.05, 0.1) is 7.11 Å². The number of rotatable bonds is 3. The van der Waals surface area contributed by atoms with Crippen molar-refractivity contribution in [2.75, 3.05) is 18.6 Å². The number of nitrogen functional groups attached to an aromatic ring is 2. The first kappa shape index (κ1) is 12.6. The molecule has 4 N–H and O–H groups in total. The summed E-state index contributed by atoms with van der Waals surface area (Å²) < 4.78 is 6.18. The maximum atomic E-state index is 5.81. The average Bonchev–Trinajstić information content (AvgIpc) is 2.35. The molecule has 1 aromatic carbocycles. The highest BCUT2D eigenvalue weighted by molar-refractivity contribution is 9.10. The van der Waals surface area contributed by atoms with E-state index >= 15 is 0 Å². The molecule has 5 nitrogen and oxygen atoms in total. The second-order valence-electron chi connectivity index (χ2n) is 3.77. The molecule has 0 aliphatic rings. The molecule has 6 heteroatoms. The zero-order chi connectivity index (χ0) is 13.1. The Hall–Kier alpha value is -1.82. The van der Waals surface area contributed by atoms with E-state index in [2.05, 4.69) is 25.9 Å². The second kappa shape index (κ2) is 5.22. The molecule has 1 aromatic heterocycles. The van der Waals surface area contributed by atoms with Gasteiger partial charge in [-0.15, -0.1) is 0 Å². The van der Waals surface area contributed by atoms with Gasteiger partial charge in [0, 0.05) is 22.7 Å². The highest BCUT2D eigenvalue weighted by Crippen LogP contribution is 2.25. The fraction of sp³-hybridized carbons (Fsp3) is 0.167. The molecular formula is C12H13BrN4O. The van der Waals surface area contributed by atoms with Crippen molar-refractivity contribution in [3.63, 3.8) is 0 Å². The predicted octanol–water partition coefficient (Wildman–Crippen LogP) is 2.00. The lowest BCUT2D eigenvalue weighted by atomic mass is 10.1. The molecule has 0 radical (unpaired) electrons. The number of anilines is 2. The van der Waals surface area contributed by atoms with Crippen molar-refractivity contribution in [3.8, 4) is 5.75 Å². The molecule has 2 aromatic rings. The lowest BCUT2D eigenvalue weighted by molar-refractivity contribution is 0.414. The molecule has 2 rings (SSSR count). The van der Waals surface area contributed by atoms with Crippen molar-refractivity contribution in [3.05, 3.63) is 40.0 Å². The minimum atomic E-state index is 0.181. The standard InChI is InChI=1S/C12H13BrN4O/c1-18-9-2-3-10(13)7(5-9)4-8-6-16-12(15)17-11(8)14/h2-3,5-6H,4H2,1H3,(H4,14,15,16,17). The molecule has 1 heterocycles. The molecule has 0 amide bonds. The van der Waals surface area contributed by atoms with E-state index < -0.39 is 0 Å². The maximum Gasteiger partial charge on any atom is 0.221 e. The zero-order valence-corrected chi connectivity index (χ0v) is 11.4. The van der Waals surface area contributed by atoms with Gasteiger partial charge < -0.3 is 16.2 Å². The van der Waals surface area contributed by atoms with Crippen molar-refractivity contribution in [1.29, 1.82) is 0 Å². The first-order chi connectivity index (χ1) is 8.60. The summed E-state index contributed by atoms with van der Waals surface area (Å²) in [5, 5.41) is 0. The molecule has 0 bridgehead atoms. The lowest BCUT2D eigenvalue weighted by Gasteiger charge is -2.09. The Balaban J connectivity index is 2.33. The second-order valence-corrected chi connectivity index (χ2v) is 4.63. The van der Waals surface area contributed by atoms with E-state index in [0.29, 0.717) is 12.2 Å². The molecule has 0 saturated heterocycles. The molecule has 0 fully saturated rings. The van der Waals surface area contributed by atoms with Crippen LogP contribution in [-0.4, -0.2) is 17.1 Å². The number of hydrogen-bond acceptors (Lipinski definition) is 5. The normalized spacial score (nSPS) is 10.3. The van der Waals surface area contributed by atoms with Crippen molar-refractivity contribution in [2.45, 2.75) is 6.42 Å². The third-order valence-electron chi connectivity index (χ3n) is 2.55. The van der Waals surface area contributed by atoms with Crippen LogP contribution in [0.2, 0.25) is 0 Å². The van der Waals surface area contributed by atoms with E-state index in [0.717, 1.165) is 21.3 Å². The molecule has 94 valence electrons. The minimum Gasteiger partial charge on any atom is -0.497 e. The van der Waals surface area contributed by atoms with Crippen LogP contribution >= 0.6 is 15.9 Å². The number of nitrogens with two attached hydrogens (primary N) is 2. The van der Waals surface area contributed by atoms with Gasteiger partial charge in [-0.2, -0.15) is 4.98 Å². The Morgan fingerprint density at radius 3 is 2.72 bits per heavy atom. The molecule has 0 aliphatic heterocycles. The highest BCUT2D eigenvalue weighted by Gasteiger charge is 2.08. The van der Waals surface area contributed by atoms with E-state index in [-0.39, 0.29) is 5.95 Å². The van der Waals surface area contributed by atoms with Crippen LogP contribution in [0.15, 0.2) is 28.9 Å². The fourth-order valence-electron chi connectivity index (χ4n) is 1.59. The smallest absolute Gasteiger partial charge is 0.221 e. The zero-order valence-electron chi connectivity index (χ0n) is 9.85. The number of methoxy groups -OCH3 is 1. The summed E-state index contributed by atoms with van der Waals surface area (Å²) in [5.41, 5.74) is 13.2. The number of hydrogen-bond donors (Lipinski definition) is 2.